The quantitative estimate of drug-likeness (QED) is 0.862. The van der Waals surface area contributed by atoms with Crippen LogP contribution in [0.2, 0.25) is 0 Å². The van der Waals surface area contributed by atoms with Crippen LogP contribution < -0.4 is 10.2 Å². The smallest absolute Gasteiger partial charge is 0.212 e. The van der Waals surface area contributed by atoms with Crippen molar-refractivity contribution in [1.82, 2.24) is 0 Å². The molecule has 0 spiro atoms. The first-order valence-corrected chi connectivity index (χ1v) is 7.00. The van der Waals surface area contributed by atoms with E-state index in [9.17, 15) is 9.18 Å². The minimum absolute atomic E-state index is 0.147. The Kier molecular flexibility index (Phi) is 3.87. The topological polar surface area (TPSA) is 50.7 Å². The van der Waals surface area contributed by atoms with E-state index in [1.165, 1.54) is 12.1 Å². The second kappa shape index (κ2) is 5.97. The highest BCUT2D eigenvalue weighted by Gasteiger charge is 2.22. The molecule has 0 fully saturated rings. The van der Waals surface area contributed by atoms with Crippen LogP contribution in [-0.4, -0.2) is 18.1 Å². The Morgan fingerprint density at radius 3 is 2.73 bits per heavy atom. The molecule has 0 amide bonds. The number of fused-ring (bicyclic) bond motifs is 1. The Bertz CT molecular complexity index is 739. The minimum atomic E-state index is -0.318. The fourth-order valence-electron chi connectivity index (χ4n) is 2.24. The van der Waals surface area contributed by atoms with Gasteiger partial charge in [-0.1, -0.05) is 11.6 Å². The number of nitrogens with one attached hydrogen (secondary N) is 1. The predicted octanol–water partition coefficient (Wildman–Crippen LogP) is 3.57. The van der Waals surface area contributed by atoms with E-state index in [1.54, 1.807) is 24.3 Å². The molecule has 2 aromatic rings. The molecule has 0 radical (unpaired) electrons. The van der Waals surface area contributed by atoms with E-state index in [0.29, 0.717) is 35.7 Å². The number of nitrogens with zero attached hydrogens (tertiary/aromatic N) is 1. The van der Waals surface area contributed by atoms with Crippen LogP contribution in [0, 0.1) is 12.7 Å². The van der Waals surface area contributed by atoms with Crippen LogP contribution in [-0.2, 0) is 0 Å². The van der Waals surface area contributed by atoms with Crippen molar-refractivity contribution in [3.8, 4) is 5.75 Å². The van der Waals surface area contributed by atoms with Crippen LogP contribution in [0.5, 0.6) is 5.75 Å². The van der Waals surface area contributed by atoms with Gasteiger partial charge in [-0.3, -0.25) is 10.2 Å². The molecule has 1 aliphatic rings. The van der Waals surface area contributed by atoms with Gasteiger partial charge in [0.1, 0.15) is 17.3 Å². The Morgan fingerprint density at radius 2 is 1.95 bits per heavy atom. The molecule has 2 aromatic carbocycles. The number of carbonyl (C=O) groups is 1. The summed E-state index contributed by atoms with van der Waals surface area (Å²) in [6, 6.07) is 11.3. The van der Waals surface area contributed by atoms with Gasteiger partial charge in [0.25, 0.3) is 0 Å². The van der Waals surface area contributed by atoms with Gasteiger partial charge < -0.3 is 4.74 Å². The highest BCUT2D eigenvalue weighted by molar-refractivity contribution is 6.46. The summed E-state index contributed by atoms with van der Waals surface area (Å²) in [6.07, 6.45) is 0.417. The number of ketones is 1. The third kappa shape index (κ3) is 2.98. The molecular formula is C17H15FN2O2. The third-order valence-electron chi connectivity index (χ3n) is 3.40. The predicted molar refractivity (Wildman–Crippen MR) is 83.1 cm³/mol. The van der Waals surface area contributed by atoms with Gasteiger partial charge in [-0.15, -0.1) is 0 Å². The van der Waals surface area contributed by atoms with E-state index < -0.39 is 0 Å². The van der Waals surface area contributed by atoms with Gasteiger partial charge in [-0.05, 0) is 43.3 Å². The molecule has 0 saturated heterocycles. The van der Waals surface area contributed by atoms with Crippen molar-refractivity contribution in [1.29, 1.82) is 0 Å². The number of carbonyl (C=O) groups excluding carboxylic acids is 1. The Morgan fingerprint density at radius 1 is 1.18 bits per heavy atom. The van der Waals surface area contributed by atoms with Crippen LogP contribution in [0.4, 0.5) is 10.1 Å². The summed E-state index contributed by atoms with van der Waals surface area (Å²) < 4.78 is 18.5. The largest absolute Gasteiger partial charge is 0.492 e. The summed E-state index contributed by atoms with van der Waals surface area (Å²) in [5, 5.41) is 4.17. The van der Waals surface area contributed by atoms with E-state index in [0.717, 1.165) is 5.56 Å². The van der Waals surface area contributed by atoms with E-state index >= 15 is 0 Å². The van der Waals surface area contributed by atoms with E-state index in [4.69, 9.17) is 4.74 Å². The standard InChI is InChI=1S/C17H15FN2O2/c1-11-2-7-16-14(10-11)17(21)15(8-9-22-16)20-19-13-5-3-12(18)4-6-13/h2-7,10,19H,8-9H2,1H3/b20-15-. The van der Waals surface area contributed by atoms with Gasteiger partial charge in [0.15, 0.2) is 0 Å². The van der Waals surface area contributed by atoms with Gasteiger partial charge in [0.2, 0.25) is 5.78 Å². The number of rotatable bonds is 2. The molecule has 3 rings (SSSR count). The lowest BCUT2D eigenvalue weighted by Gasteiger charge is -2.06. The van der Waals surface area contributed by atoms with Crippen LogP contribution >= 0.6 is 0 Å². The molecule has 1 heterocycles. The number of anilines is 1. The van der Waals surface area contributed by atoms with E-state index in [2.05, 4.69) is 10.5 Å². The zero-order valence-electron chi connectivity index (χ0n) is 12.1. The lowest BCUT2D eigenvalue weighted by atomic mass is 10.0. The molecule has 0 saturated carbocycles. The summed E-state index contributed by atoms with van der Waals surface area (Å²) in [6.45, 7) is 2.32. The van der Waals surface area contributed by atoms with Crippen molar-refractivity contribution >= 4 is 17.2 Å². The lowest BCUT2D eigenvalue weighted by Crippen LogP contribution is -2.15. The number of Topliss-reactive ketones (excluding diaryl/α,β-unsaturated/α-hetero) is 1. The number of ether oxygens (including phenoxy) is 1. The number of hydrogen-bond donors (Lipinski definition) is 1. The molecule has 0 atom stereocenters. The summed E-state index contributed by atoms with van der Waals surface area (Å²) in [7, 11) is 0. The lowest BCUT2D eigenvalue weighted by molar-refractivity contribution is 0.106. The van der Waals surface area contributed by atoms with Gasteiger partial charge >= 0.3 is 0 Å². The molecule has 5 heteroatoms. The zero-order valence-corrected chi connectivity index (χ0v) is 12.1. The molecule has 1 aliphatic heterocycles. The average Bonchev–Trinajstić information content (AvgIpc) is 2.67. The summed E-state index contributed by atoms with van der Waals surface area (Å²) >= 11 is 0. The summed E-state index contributed by atoms with van der Waals surface area (Å²) in [4.78, 5) is 12.6. The highest BCUT2D eigenvalue weighted by atomic mass is 19.1. The van der Waals surface area contributed by atoms with E-state index in [-0.39, 0.29) is 11.6 Å². The van der Waals surface area contributed by atoms with Crippen molar-refractivity contribution < 1.29 is 13.9 Å². The summed E-state index contributed by atoms with van der Waals surface area (Å²) in [5.74, 6) is 0.120. The first kappa shape index (κ1) is 14.3. The highest BCUT2D eigenvalue weighted by Crippen LogP contribution is 2.24. The number of hydrogen-bond acceptors (Lipinski definition) is 4. The Balaban J connectivity index is 1.86. The van der Waals surface area contributed by atoms with Gasteiger partial charge in [-0.2, -0.15) is 5.10 Å². The molecular weight excluding hydrogens is 283 g/mol. The van der Waals surface area contributed by atoms with Crippen LogP contribution in [0.15, 0.2) is 47.6 Å². The molecule has 0 bridgehead atoms. The maximum Gasteiger partial charge on any atom is 0.212 e. The monoisotopic (exact) mass is 298 g/mol. The Labute approximate surface area is 127 Å². The normalized spacial score (nSPS) is 15.9. The molecule has 1 N–H and O–H groups in total. The van der Waals surface area contributed by atoms with Gasteiger partial charge in [0, 0.05) is 6.42 Å². The van der Waals surface area contributed by atoms with Crippen molar-refractivity contribution in [2.24, 2.45) is 5.10 Å². The molecule has 0 unspecified atom stereocenters. The fraction of sp³-hybridized carbons (Fsp3) is 0.176. The van der Waals surface area contributed by atoms with Crippen LogP contribution in [0.3, 0.4) is 0 Å². The van der Waals surface area contributed by atoms with Crippen molar-refractivity contribution in [2.75, 3.05) is 12.0 Å². The molecule has 112 valence electrons. The fourth-order valence-corrected chi connectivity index (χ4v) is 2.24. The molecule has 0 aliphatic carbocycles. The first-order chi connectivity index (χ1) is 10.6. The number of halogens is 1. The Hall–Kier alpha value is -2.69. The zero-order chi connectivity index (χ0) is 15.5. The van der Waals surface area contributed by atoms with Crippen LogP contribution in [0.25, 0.3) is 0 Å². The van der Waals surface area contributed by atoms with Crippen molar-refractivity contribution in [3.05, 3.63) is 59.4 Å². The minimum Gasteiger partial charge on any atom is -0.492 e. The number of hydrazone groups is 1. The number of benzene rings is 2. The van der Waals surface area contributed by atoms with Gasteiger partial charge in [0.05, 0.1) is 17.9 Å². The average molecular weight is 298 g/mol. The SMILES string of the molecule is Cc1ccc2c(c1)C(=O)/C(=N\Nc1ccc(F)cc1)CCO2. The van der Waals surface area contributed by atoms with E-state index in [1.807, 2.05) is 13.0 Å². The first-order valence-electron chi connectivity index (χ1n) is 7.00. The molecule has 0 aromatic heterocycles. The maximum atomic E-state index is 12.9. The molecule has 22 heavy (non-hydrogen) atoms. The second-order valence-electron chi connectivity index (χ2n) is 5.10. The van der Waals surface area contributed by atoms with Crippen LogP contribution in [0.1, 0.15) is 22.3 Å². The number of aryl methyl sites for hydroxylation is 1. The maximum absolute atomic E-state index is 12.9. The third-order valence-corrected chi connectivity index (χ3v) is 3.40. The molecule has 4 nitrogen and oxygen atoms in total. The van der Waals surface area contributed by atoms with Crippen molar-refractivity contribution in [2.45, 2.75) is 13.3 Å². The second-order valence-corrected chi connectivity index (χ2v) is 5.10. The van der Waals surface area contributed by atoms with Gasteiger partial charge in [-0.25, -0.2) is 4.39 Å². The van der Waals surface area contributed by atoms with Crippen molar-refractivity contribution in [3.63, 3.8) is 0 Å². The summed E-state index contributed by atoms with van der Waals surface area (Å²) in [5.41, 5.74) is 5.32.